The molecule has 2 heterocycles. The third kappa shape index (κ3) is 3.94. The number of nitrogens with zero attached hydrogens (tertiary/aromatic N) is 2. The average molecular weight is 391 g/mol. The SMILES string of the molecule is Cc1cc(C(=O)N2CCN(S(=O)(=O)c3ccc(C(C)C)cc3)CC2)c(C)o1. The van der Waals surface area contributed by atoms with E-state index >= 15 is 0 Å². The number of hydrogen-bond donors (Lipinski definition) is 0. The van der Waals surface area contributed by atoms with E-state index in [0.29, 0.717) is 41.0 Å². The molecule has 1 amide bonds. The number of rotatable bonds is 4. The fourth-order valence-corrected chi connectivity index (χ4v) is 4.74. The predicted octanol–water partition coefficient (Wildman–Crippen LogP) is 3.17. The van der Waals surface area contributed by atoms with Crippen LogP contribution in [0.5, 0.6) is 0 Å². The molecule has 0 aliphatic carbocycles. The van der Waals surface area contributed by atoms with E-state index < -0.39 is 10.0 Å². The monoisotopic (exact) mass is 390 g/mol. The number of benzene rings is 1. The lowest BCUT2D eigenvalue weighted by Gasteiger charge is -2.34. The third-order valence-electron chi connectivity index (χ3n) is 4.98. The summed E-state index contributed by atoms with van der Waals surface area (Å²) in [5, 5.41) is 0. The molecule has 0 atom stereocenters. The van der Waals surface area contributed by atoms with Crippen LogP contribution >= 0.6 is 0 Å². The fraction of sp³-hybridized carbons (Fsp3) is 0.450. The van der Waals surface area contributed by atoms with Gasteiger partial charge in [-0.25, -0.2) is 8.42 Å². The van der Waals surface area contributed by atoms with Crippen LogP contribution in [0, 0.1) is 13.8 Å². The van der Waals surface area contributed by atoms with E-state index in [1.165, 1.54) is 4.31 Å². The van der Waals surface area contributed by atoms with Gasteiger partial charge in [0, 0.05) is 26.2 Å². The molecule has 146 valence electrons. The Bertz CT molecular complexity index is 921. The average Bonchev–Trinajstić information content (AvgIpc) is 2.99. The van der Waals surface area contributed by atoms with Gasteiger partial charge < -0.3 is 9.32 Å². The number of aryl methyl sites for hydroxylation is 2. The summed E-state index contributed by atoms with van der Waals surface area (Å²) in [5.74, 6) is 1.54. The molecule has 3 rings (SSSR count). The summed E-state index contributed by atoms with van der Waals surface area (Å²) in [6.07, 6.45) is 0. The lowest BCUT2D eigenvalue weighted by Crippen LogP contribution is -2.50. The zero-order chi connectivity index (χ0) is 19.8. The highest BCUT2D eigenvalue weighted by molar-refractivity contribution is 7.89. The Balaban J connectivity index is 1.69. The van der Waals surface area contributed by atoms with Crippen LogP contribution in [0.4, 0.5) is 0 Å². The first-order valence-electron chi connectivity index (χ1n) is 9.16. The normalized spacial score (nSPS) is 16.1. The Morgan fingerprint density at radius 2 is 1.63 bits per heavy atom. The second-order valence-corrected chi connectivity index (χ2v) is 9.18. The van der Waals surface area contributed by atoms with Crippen molar-refractivity contribution in [3.8, 4) is 0 Å². The van der Waals surface area contributed by atoms with Gasteiger partial charge in [0.15, 0.2) is 0 Å². The van der Waals surface area contributed by atoms with Crippen molar-refractivity contribution in [2.75, 3.05) is 26.2 Å². The van der Waals surface area contributed by atoms with Crippen LogP contribution < -0.4 is 0 Å². The Kier molecular flexibility index (Phi) is 5.44. The van der Waals surface area contributed by atoms with Gasteiger partial charge in [0.1, 0.15) is 11.5 Å². The maximum absolute atomic E-state index is 12.9. The van der Waals surface area contributed by atoms with E-state index in [1.54, 1.807) is 36.9 Å². The minimum Gasteiger partial charge on any atom is -0.466 e. The molecule has 6 nitrogen and oxygen atoms in total. The molecule has 0 unspecified atom stereocenters. The number of carbonyl (C=O) groups is 1. The van der Waals surface area contributed by atoms with E-state index in [-0.39, 0.29) is 19.0 Å². The zero-order valence-corrected chi connectivity index (χ0v) is 17.0. The summed E-state index contributed by atoms with van der Waals surface area (Å²) in [7, 11) is -3.55. The van der Waals surface area contributed by atoms with E-state index in [2.05, 4.69) is 13.8 Å². The molecule has 1 aliphatic rings. The quantitative estimate of drug-likeness (QED) is 0.804. The molecular formula is C20H26N2O4S. The summed E-state index contributed by atoms with van der Waals surface area (Å²) >= 11 is 0. The van der Waals surface area contributed by atoms with Crippen molar-refractivity contribution in [2.24, 2.45) is 0 Å². The maximum atomic E-state index is 12.9. The van der Waals surface area contributed by atoms with Gasteiger partial charge in [0.05, 0.1) is 10.5 Å². The Morgan fingerprint density at radius 3 is 2.11 bits per heavy atom. The second-order valence-electron chi connectivity index (χ2n) is 7.25. The maximum Gasteiger partial charge on any atom is 0.257 e. The van der Waals surface area contributed by atoms with Crippen molar-refractivity contribution in [2.45, 2.75) is 38.5 Å². The molecule has 0 N–H and O–H groups in total. The highest BCUT2D eigenvalue weighted by atomic mass is 32.2. The molecule has 7 heteroatoms. The van der Waals surface area contributed by atoms with Crippen LogP contribution in [0.3, 0.4) is 0 Å². The number of piperazine rings is 1. The fourth-order valence-electron chi connectivity index (χ4n) is 3.32. The van der Waals surface area contributed by atoms with Gasteiger partial charge in [-0.05, 0) is 43.5 Å². The molecule has 0 bridgehead atoms. The van der Waals surface area contributed by atoms with Gasteiger partial charge in [-0.2, -0.15) is 4.31 Å². The van der Waals surface area contributed by atoms with Crippen molar-refractivity contribution in [1.82, 2.24) is 9.21 Å². The Morgan fingerprint density at radius 1 is 1.04 bits per heavy atom. The van der Waals surface area contributed by atoms with Crippen LogP contribution in [0.15, 0.2) is 39.6 Å². The molecule has 1 aliphatic heterocycles. The van der Waals surface area contributed by atoms with Gasteiger partial charge in [0.2, 0.25) is 10.0 Å². The molecule has 27 heavy (non-hydrogen) atoms. The van der Waals surface area contributed by atoms with E-state index in [9.17, 15) is 13.2 Å². The van der Waals surface area contributed by atoms with Crippen molar-refractivity contribution in [3.63, 3.8) is 0 Å². The van der Waals surface area contributed by atoms with Gasteiger partial charge >= 0.3 is 0 Å². The minimum atomic E-state index is -3.55. The summed E-state index contributed by atoms with van der Waals surface area (Å²) < 4.78 is 32.6. The van der Waals surface area contributed by atoms with Gasteiger partial charge in [-0.15, -0.1) is 0 Å². The minimum absolute atomic E-state index is 0.109. The molecule has 1 saturated heterocycles. The highest BCUT2D eigenvalue weighted by Crippen LogP contribution is 2.22. The van der Waals surface area contributed by atoms with Crippen molar-refractivity contribution >= 4 is 15.9 Å². The smallest absolute Gasteiger partial charge is 0.257 e. The van der Waals surface area contributed by atoms with E-state index in [0.717, 1.165) is 5.56 Å². The molecule has 0 saturated carbocycles. The van der Waals surface area contributed by atoms with Gasteiger partial charge in [0.25, 0.3) is 5.91 Å². The number of hydrogen-bond acceptors (Lipinski definition) is 4. The summed E-state index contributed by atoms with van der Waals surface area (Å²) in [6, 6.07) is 8.79. The van der Waals surface area contributed by atoms with Crippen LogP contribution in [0.1, 0.15) is 47.2 Å². The van der Waals surface area contributed by atoms with Crippen LogP contribution in [0.2, 0.25) is 0 Å². The van der Waals surface area contributed by atoms with Crippen molar-refractivity contribution < 1.29 is 17.6 Å². The molecule has 1 fully saturated rings. The lowest BCUT2D eigenvalue weighted by molar-refractivity contribution is 0.0696. The summed E-state index contributed by atoms with van der Waals surface area (Å²) in [4.78, 5) is 14.6. The first-order valence-corrected chi connectivity index (χ1v) is 10.6. The van der Waals surface area contributed by atoms with Crippen molar-refractivity contribution in [1.29, 1.82) is 0 Å². The summed E-state index contributed by atoms with van der Waals surface area (Å²) in [6.45, 7) is 9.02. The predicted molar refractivity (Wildman–Crippen MR) is 103 cm³/mol. The van der Waals surface area contributed by atoms with Gasteiger partial charge in [-0.1, -0.05) is 26.0 Å². The molecule has 0 radical (unpaired) electrons. The van der Waals surface area contributed by atoms with E-state index in [4.69, 9.17) is 4.42 Å². The first kappa shape index (κ1) is 19.6. The zero-order valence-electron chi connectivity index (χ0n) is 16.2. The number of furan rings is 1. The van der Waals surface area contributed by atoms with Gasteiger partial charge in [-0.3, -0.25) is 4.79 Å². The Labute approximate surface area is 160 Å². The van der Waals surface area contributed by atoms with Crippen molar-refractivity contribution in [3.05, 3.63) is 53.0 Å². The Hall–Kier alpha value is -2.12. The first-order chi connectivity index (χ1) is 12.7. The molecule has 2 aromatic rings. The second kappa shape index (κ2) is 7.48. The van der Waals surface area contributed by atoms with Crippen LogP contribution in [-0.2, 0) is 10.0 Å². The third-order valence-corrected chi connectivity index (χ3v) is 6.89. The largest absolute Gasteiger partial charge is 0.466 e. The topological polar surface area (TPSA) is 70.8 Å². The molecule has 1 aromatic heterocycles. The summed E-state index contributed by atoms with van der Waals surface area (Å²) in [5.41, 5.74) is 1.66. The standard InChI is InChI=1S/C20H26N2O4S/c1-14(2)17-5-7-18(8-6-17)27(24,25)22-11-9-21(10-12-22)20(23)19-13-15(3)26-16(19)4/h5-8,13-14H,9-12H2,1-4H3. The molecule has 0 spiro atoms. The molecular weight excluding hydrogens is 364 g/mol. The van der Waals surface area contributed by atoms with E-state index in [1.807, 2.05) is 12.1 Å². The molecule has 1 aromatic carbocycles. The van der Waals surface area contributed by atoms with Crippen LogP contribution in [0.25, 0.3) is 0 Å². The number of carbonyl (C=O) groups excluding carboxylic acids is 1. The highest BCUT2D eigenvalue weighted by Gasteiger charge is 2.31. The lowest BCUT2D eigenvalue weighted by atomic mass is 10.0. The van der Waals surface area contributed by atoms with Crippen LogP contribution in [-0.4, -0.2) is 49.7 Å². The number of sulfonamides is 1. The number of amides is 1.